The lowest BCUT2D eigenvalue weighted by molar-refractivity contribution is -0.384. The normalized spacial score (nSPS) is 10.3. The molecule has 1 heterocycles. The third-order valence-corrected chi connectivity index (χ3v) is 3.99. The molecule has 0 atom stereocenters. The average molecular weight is 337 g/mol. The second-order valence-corrected chi connectivity index (χ2v) is 5.45. The smallest absolute Gasteiger partial charge is 0.270 e. The van der Waals surface area contributed by atoms with Gasteiger partial charge in [-0.05, 0) is 29.4 Å². The number of nitrogens with zero attached hydrogens (tertiary/aromatic N) is 4. The van der Waals surface area contributed by atoms with Crippen molar-refractivity contribution in [2.75, 3.05) is 0 Å². The van der Waals surface area contributed by atoms with E-state index in [1.165, 1.54) is 12.1 Å². The summed E-state index contributed by atoms with van der Waals surface area (Å²) in [5.41, 5.74) is 2.54. The fraction of sp³-hybridized carbons (Fsp3) is 0.0625. The average Bonchev–Trinajstić information content (AvgIpc) is 2.93. The van der Waals surface area contributed by atoms with Gasteiger partial charge in [-0.1, -0.05) is 24.3 Å². The molecule has 1 aromatic heterocycles. The summed E-state index contributed by atoms with van der Waals surface area (Å²) in [4.78, 5) is 14.0. The number of rotatable bonds is 3. The van der Waals surface area contributed by atoms with E-state index < -0.39 is 4.92 Å². The highest BCUT2D eigenvalue weighted by Crippen LogP contribution is 2.35. The van der Waals surface area contributed by atoms with Gasteiger partial charge in [0.25, 0.3) is 5.69 Å². The van der Waals surface area contributed by atoms with Crippen molar-refractivity contribution < 1.29 is 4.92 Å². The van der Waals surface area contributed by atoms with Crippen molar-refractivity contribution in [1.82, 2.24) is 14.8 Å². The molecule has 7 nitrogen and oxygen atoms in total. The highest BCUT2D eigenvalue weighted by molar-refractivity contribution is 7.71. The van der Waals surface area contributed by atoms with Crippen molar-refractivity contribution in [3.63, 3.8) is 0 Å². The molecule has 0 amide bonds. The molecule has 0 aliphatic rings. The van der Waals surface area contributed by atoms with Crippen molar-refractivity contribution in [3.8, 4) is 22.5 Å². The number of hydrogen-bond acceptors (Lipinski definition) is 4. The highest BCUT2D eigenvalue weighted by Gasteiger charge is 2.15. The highest BCUT2D eigenvalue weighted by atomic mass is 32.1. The van der Waals surface area contributed by atoms with Crippen LogP contribution in [-0.2, 0) is 7.05 Å². The van der Waals surface area contributed by atoms with E-state index in [1.54, 1.807) is 41.9 Å². The van der Waals surface area contributed by atoms with Crippen molar-refractivity contribution >= 4 is 23.6 Å². The van der Waals surface area contributed by atoms with Crippen LogP contribution in [0.5, 0.6) is 0 Å². The number of nitrogens with one attached hydrogen (secondary N) is 1. The van der Waals surface area contributed by atoms with Crippen LogP contribution in [-0.4, -0.2) is 19.7 Å². The Balaban J connectivity index is 2.28. The summed E-state index contributed by atoms with van der Waals surface area (Å²) in [6.07, 6.45) is 0. The summed E-state index contributed by atoms with van der Waals surface area (Å²) in [7, 11) is 1.77. The molecule has 3 aromatic rings. The molecule has 0 saturated heterocycles. The van der Waals surface area contributed by atoms with E-state index in [9.17, 15) is 10.1 Å². The first-order valence-corrected chi connectivity index (χ1v) is 7.30. The standard InChI is InChI=1S/C16H11N5O2S/c1-17-11-6-7-13(10-4-3-5-12(8-10)21(22)23)14(9-11)15-18-19-16(24)20(15)2/h3-9H,2H3,(H,19,24). The maximum absolute atomic E-state index is 11.0. The summed E-state index contributed by atoms with van der Waals surface area (Å²) < 4.78 is 2.14. The molecule has 0 radical (unpaired) electrons. The topological polar surface area (TPSA) is 81.1 Å². The number of non-ortho nitro benzene ring substituents is 1. The first kappa shape index (κ1) is 15.6. The number of nitro groups is 1. The van der Waals surface area contributed by atoms with E-state index in [2.05, 4.69) is 15.0 Å². The zero-order chi connectivity index (χ0) is 17.3. The van der Waals surface area contributed by atoms with Crippen LogP contribution in [0, 0.1) is 21.5 Å². The van der Waals surface area contributed by atoms with Gasteiger partial charge in [-0.25, -0.2) is 4.85 Å². The van der Waals surface area contributed by atoms with Crippen molar-refractivity contribution in [3.05, 3.63) is 68.8 Å². The molecule has 1 N–H and O–H groups in total. The largest absolute Gasteiger partial charge is 0.303 e. The van der Waals surface area contributed by atoms with Gasteiger partial charge in [0.15, 0.2) is 16.3 Å². The first-order valence-electron chi connectivity index (χ1n) is 6.89. The molecule has 0 saturated carbocycles. The summed E-state index contributed by atoms with van der Waals surface area (Å²) in [5, 5.41) is 18.0. The van der Waals surface area contributed by atoms with E-state index in [4.69, 9.17) is 18.8 Å². The summed E-state index contributed by atoms with van der Waals surface area (Å²) in [5.74, 6) is 0.562. The second-order valence-electron chi connectivity index (χ2n) is 5.06. The Morgan fingerprint density at radius 2 is 2.08 bits per heavy atom. The van der Waals surface area contributed by atoms with Gasteiger partial charge in [-0.3, -0.25) is 15.2 Å². The molecular formula is C16H11N5O2S. The second kappa shape index (κ2) is 6.06. The van der Waals surface area contributed by atoms with E-state index in [1.807, 2.05) is 0 Å². The van der Waals surface area contributed by atoms with Crippen LogP contribution < -0.4 is 0 Å². The first-order chi connectivity index (χ1) is 11.5. The number of hydrogen-bond donors (Lipinski definition) is 1. The van der Waals surface area contributed by atoms with Crippen LogP contribution in [0.15, 0.2) is 42.5 Å². The number of nitro benzene ring substituents is 1. The molecule has 24 heavy (non-hydrogen) atoms. The maximum Gasteiger partial charge on any atom is 0.270 e. The number of aromatic nitrogens is 3. The van der Waals surface area contributed by atoms with Crippen molar-refractivity contribution in [1.29, 1.82) is 0 Å². The number of aromatic amines is 1. The third-order valence-electron chi connectivity index (χ3n) is 3.62. The van der Waals surface area contributed by atoms with Gasteiger partial charge in [-0.15, -0.1) is 0 Å². The minimum atomic E-state index is -0.438. The molecule has 118 valence electrons. The van der Waals surface area contributed by atoms with Crippen LogP contribution in [0.1, 0.15) is 0 Å². The van der Waals surface area contributed by atoms with Gasteiger partial charge in [0, 0.05) is 24.7 Å². The van der Waals surface area contributed by atoms with Crippen molar-refractivity contribution in [2.45, 2.75) is 0 Å². The van der Waals surface area contributed by atoms with Gasteiger partial charge in [0.05, 0.1) is 11.5 Å². The summed E-state index contributed by atoms with van der Waals surface area (Å²) >= 11 is 5.15. The minimum Gasteiger partial charge on any atom is -0.303 e. The molecule has 0 fully saturated rings. The monoisotopic (exact) mass is 337 g/mol. The van der Waals surface area contributed by atoms with Gasteiger partial charge in [-0.2, -0.15) is 5.10 Å². The van der Waals surface area contributed by atoms with Gasteiger partial charge >= 0.3 is 0 Å². The Morgan fingerprint density at radius 1 is 1.29 bits per heavy atom. The zero-order valence-electron chi connectivity index (χ0n) is 12.6. The minimum absolute atomic E-state index is 0.00284. The van der Waals surface area contributed by atoms with Crippen LogP contribution >= 0.6 is 12.2 Å². The third kappa shape index (κ3) is 2.68. The molecule has 0 unspecified atom stereocenters. The Morgan fingerprint density at radius 3 is 2.71 bits per heavy atom. The van der Waals surface area contributed by atoms with E-state index in [0.29, 0.717) is 27.4 Å². The predicted molar refractivity (Wildman–Crippen MR) is 92.2 cm³/mol. The lowest BCUT2D eigenvalue weighted by Crippen LogP contribution is -1.95. The predicted octanol–water partition coefficient (Wildman–Crippen LogP) is 4.27. The van der Waals surface area contributed by atoms with Gasteiger partial charge in [0.1, 0.15) is 0 Å². The fourth-order valence-corrected chi connectivity index (χ4v) is 2.55. The fourth-order valence-electron chi connectivity index (χ4n) is 2.41. The molecule has 8 heteroatoms. The van der Waals surface area contributed by atoms with Crippen LogP contribution in [0.25, 0.3) is 27.4 Å². The quantitative estimate of drug-likeness (QED) is 0.335. The lowest BCUT2D eigenvalue weighted by atomic mass is 9.98. The molecular weight excluding hydrogens is 326 g/mol. The van der Waals surface area contributed by atoms with E-state index in [-0.39, 0.29) is 5.69 Å². The van der Waals surface area contributed by atoms with Crippen molar-refractivity contribution in [2.24, 2.45) is 7.05 Å². The van der Waals surface area contributed by atoms with E-state index >= 15 is 0 Å². The Kier molecular flexibility index (Phi) is 3.93. The molecule has 2 aromatic carbocycles. The Labute approximate surface area is 142 Å². The molecule has 0 spiro atoms. The Bertz CT molecular complexity index is 1050. The molecule has 0 aliphatic heterocycles. The molecule has 0 aliphatic carbocycles. The number of benzene rings is 2. The Hall–Kier alpha value is -3.31. The van der Waals surface area contributed by atoms with E-state index in [0.717, 1.165) is 5.56 Å². The SMILES string of the molecule is [C-]#[N+]c1ccc(-c2cccc([N+](=O)[O-])c2)c(-c2n[nH]c(=S)n2C)c1. The van der Waals surface area contributed by atoms with Gasteiger partial charge in [0.2, 0.25) is 0 Å². The summed E-state index contributed by atoms with van der Waals surface area (Å²) in [6.45, 7) is 7.21. The number of H-pyrrole nitrogens is 1. The zero-order valence-corrected chi connectivity index (χ0v) is 13.4. The summed E-state index contributed by atoms with van der Waals surface area (Å²) in [6, 6.07) is 11.5. The lowest BCUT2D eigenvalue weighted by Gasteiger charge is -2.10. The molecule has 3 rings (SSSR count). The van der Waals surface area contributed by atoms with Crippen LogP contribution in [0.2, 0.25) is 0 Å². The van der Waals surface area contributed by atoms with Crippen LogP contribution in [0.3, 0.4) is 0 Å². The maximum atomic E-state index is 11.0. The van der Waals surface area contributed by atoms with Crippen LogP contribution in [0.4, 0.5) is 11.4 Å². The van der Waals surface area contributed by atoms with Gasteiger partial charge < -0.3 is 4.57 Å². The molecule has 0 bridgehead atoms.